The summed E-state index contributed by atoms with van der Waals surface area (Å²) in [7, 11) is 1.95. The van der Waals surface area contributed by atoms with Gasteiger partial charge in [0.2, 0.25) is 0 Å². The Labute approximate surface area is 98.9 Å². The van der Waals surface area contributed by atoms with E-state index in [2.05, 4.69) is 27.1 Å². The lowest BCUT2D eigenvalue weighted by Gasteiger charge is -2.35. The van der Waals surface area contributed by atoms with E-state index in [1.165, 1.54) is 12.8 Å². The van der Waals surface area contributed by atoms with Crippen molar-refractivity contribution in [1.82, 2.24) is 9.78 Å². The number of aromatic nitrogens is 2. The van der Waals surface area contributed by atoms with E-state index in [1.54, 1.807) is 0 Å². The monoisotopic (exact) mass is 272 g/mol. The van der Waals surface area contributed by atoms with Gasteiger partial charge in [0, 0.05) is 31.6 Å². The molecule has 1 aliphatic heterocycles. The predicted octanol–water partition coefficient (Wildman–Crippen LogP) is 2.30. The number of hydrogen-bond donors (Lipinski definition) is 0. The van der Waals surface area contributed by atoms with Crippen LogP contribution in [0.1, 0.15) is 25.0 Å². The van der Waals surface area contributed by atoms with Crippen LogP contribution in [0.25, 0.3) is 0 Å². The lowest BCUT2D eigenvalue weighted by molar-refractivity contribution is -0.0603. The first-order valence-corrected chi connectivity index (χ1v) is 6.55. The fourth-order valence-electron chi connectivity index (χ4n) is 2.09. The SMILES string of the molecule is Cn1ccc(CC2(CBr)CCCCO2)n1. The van der Waals surface area contributed by atoms with Gasteiger partial charge in [-0.3, -0.25) is 4.68 Å². The molecule has 1 aliphatic rings. The Hall–Kier alpha value is -0.350. The van der Waals surface area contributed by atoms with E-state index in [9.17, 15) is 0 Å². The third-order valence-corrected chi connectivity index (χ3v) is 3.97. The molecule has 0 spiro atoms. The van der Waals surface area contributed by atoms with E-state index in [4.69, 9.17) is 4.74 Å². The minimum absolute atomic E-state index is 0.0212. The van der Waals surface area contributed by atoms with E-state index in [0.717, 1.165) is 30.5 Å². The molecule has 0 aliphatic carbocycles. The van der Waals surface area contributed by atoms with Crippen molar-refractivity contribution in [3.8, 4) is 0 Å². The number of alkyl halides is 1. The number of nitrogens with zero attached hydrogens (tertiary/aromatic N) is 2. The Balaban J connectivity index is 2.06. The molecule has 2 rings (SSSR count). The molecule has 1 atom stereocenters. The molecular weight excluding hydrogens is 256 g/mol. The zero-order valence-corrected chi connectivity index (χ0v) is 10.7. The third kappa shape index (κ3) is 2.61. The van der Waals surface area contributed by atoms with Crippen molar-refractivity contribution in [2.45, 2.75) is 31.3 Å². The fourth-order valence-corrected chi connectivity index (χ4v) is 2.73. The summed E-state index contributed by atoms with van der Waals surface area (Å²) in [6.45, 7) is 0.887. The molecule has 84 valence electrons. The molecule has 0 bridgehead atoms. The molecule has 1 saturated heterocycles. The van der Waals surface area contributed by atoms with Gasteiger partial charge in [-0.25, -0.2) is 0 Å². The Morgan fingerprint density at radius 3 is 3.00 bits per heavy atom. The zero-order chi connectivity index (χ0) is 10.7. The van der Waals surface area contributed by atoms with Crippen LogP contribution in [-0.2, 0) is 18.2 Å². The summed E-state index contributed by atoms with van der Waals surface area (Å²) in [5.41, 5.74) is 1.10. The van der Waals surface area contributed by atoms with Crippen LogP contribution >= 0.6 is 15.9 Å². The molecule has 1 aromatic heterocycles. The summed E-state index contributed by atoms with van der Waals surface area (Å²) in [6.07, 6.45) is 6.49. The summed E-state index contributed by atoms with van der Waals surface area (Å²) in [5, 5.41) is 5.31. The largest absolute Gasteiger partial charge is 0.374 e. The highest BCUT2D eigenvalue weighted by molar-refractivity contribution is 9.09. The van der Waals surface area contributed by atoms with Gasteiger partial charge in [-0.1, -0.05) is 15.9 Å². The molecule has 0 saturated carbocycles. The van der Waals surface area contributed by atoms with Crippen molar-refractivity contribution in [2.24, 2.45) is 7.05 Å². The lowest BCUT2D eigenvalue weighted by Crippen LogP contribution is -2.40. The molecular formula is C11H17BrN2O. The summed E-state index contributed by atoms with van der Waals surface area (Å²) >= 11 is 3.57. The van der Waals surface area contributed by atoms with Gasteiger partial charge in [-0.2, -0.15) is 5.10 Å². The van der Waals surface area contributed by atoms with Crippen LogP contribution in [-0.4, -0.2) is 27.3 Å². The Kier molecular flexibility index (Phi) is 3.46. The summed E-state index contributed by atoms with van der Waals surface area (Å²) in [4.78, 5) is 0. The van der Waals surface area contributed by atoms with E-state index in [-0.39, 0.29) is 5.60 Å². The maximum atomic E-state index is 5.93. The van der Waals surface area contributed by atoms with Crippen LogP contribution in [0.5, 0.6) is 0 Å². The normalized spacial score (nSPS) is 26.8. The van der Waals surface area contributed by atoms with Gasteiger partial charge in [-0.15, -0.1) is 0 Å². The van der Waals surface area contributed by atoms with Gasteiger partial charge < -0.3 is 4.74 Å². The zero-order valence-electron chi connectivity index (χ0n) is 9.08. The predicted molar refractivity (Wildman–Crippen MR) is 63.2 cm³/mol. The molecule has 1 aromatic rings. The molecule has 3 nitrogen and oxygen atoms in total. The molecule has 15 heavy (non-hydrogen) atoms. The van der Waals surface area contributed by atoms with Gasteiger partial charge in [0.15, 0.2) is 0 Å². The second-order valence-corrected chi connectivity index (χ2v) is 4.84. The van der Waals surface area contributed by atoms with Gasteiger partial charge in [0.25, 0.3) is 0 Å². The van der Waals surface area contributed by atoms with Gasteiger partial charge in [0.05, 0.1) is 11.3 Å². The molecule has 0 aromatic carbocycles. The van der Waals surface area contributed by atoms with E-state index >= 15 is 0 Å². The minimum atomic E-state index is -0.0212. The first kappa shape index (κ1) is 11.1. The van der Waals surface area contributed by atoms with Crippen LogP contribution in [0, 0.1) is 0 Å². The molecule has 0 radical (unpaired) electrons. The van der Waals surface area contributed by atoms with Gasteiger partial charge in [-0.05, 0) is 25.3 Å². The highest BCUT2D eigenvalue weighted by Crippen LogP contribution is 2.30. The van der Waals surface area contributed by atoms with Crippen molar-refractivity contribution in [3.05, 3.63) is 18.0 Å². The van der Waals surface area contributed by atoms with Crippen LogP contribution < -0.4 is 0 Å². The van der Waals surface area contributed by atoms with Crippen LogP contribution in [0.15, 0.2) is 12.3 Å². The van der Waals surface area contributed by atoms with E-state index in [1.807, 2.05) is 17.9 Å². The molecule has 0 N–H and O–H groups in total. The first-order chi connectivity index (χ1) is 7.24. The fraction of sp³-hybridized carbons (Fsp3) is 0.727. The summed E-state index contributed by atoms with van der Waals surface area (Å²) in [6, 6.07) is 2.07. The average Bonchev–Trinajstić information content (AvgIpc) is 2.65. The first-order valence-electron chi connectivity index (χ1n) is 5.43. The summed E-state index contributed by atoms with van der Waals surface area (Å²) in [5.74, 6) is 0. The third-order valence-electron chi connectivity index (χ3n) is 2.95. The smallest absolute Gasteiger partial charge is 0.0834 e. The lowest BCUT2D eigenvalue weighted by atomic mass is 9.91. The Morgan fingerprint density at radius 2 is 2.47 bits per heavy atom. The molecule has 0 amide bonds. The number of aryl methyl sites for hydroxylation is 1. The molecule has 1 fully saturated rings. The van der Waals surface area contributed by atoms with Crippen molar-refractivity contribution in [3.63, 3.8) is 0 Å². The highest BCUT2D eigenvalue weighted by atomic mass is 79.9. The Bertz CT molecular complexity index is 318. The number of ether oxygens (including phenoxy) is 1. The minimum Gasteiger partial charge on any atom is -0.374 e. The Morgan fingerprint density at radius 1 is 1.60 bits per heavy atom. The van der Waals surface area contributed by atoms with Gasteiger partial charge >= 0.3 is 0 Å². The van der Waals surface area contributed by atoms with Crippen molar-refractivity contribution in [2.75, 3.05) is 11.9 Å². The molecule has 1 unspecified atom stereocenters. The van der Waals surface area contributed by atoms with E-state index < -0.39 is 0 Å². The quantitative estimate of drug-likeness (QED) is 0.790. The standard InChI is InChI=1S/C11H17BrN2O/c1-14-6-4-10(13-14)8-11(9-12)5-2-3-7-15-11/h4,6H,2-3,5,7-9H2,1H3. The maximum Gasteiger partial charge on any atom is 0.0834 e. The van der Waals surface area contributed by atoms with Crippen LogP contribution in [0.3, 0.4) is 0 Å². The number of halogens is 1. The van der Waals surface area contributed by atoms with Crippen molar-refractivity contribution >= 4 is 15.9 Å². The second-order valence-electron chi connectivity index (χ2n) is 4.28. The van der Waals surface area contributed by atoms with E-state index in [0.29, 0.717) is 0 Å². The number of hydrogen-bond acceptors (Lipinski definition) is 2. The average molecular weight is 273 g/mol. The molecule has 4 heteroatoms. The number of rotatable bonds is 3. The van der Waals surface area contributed by atoms with Crippen LogP contribution in [0.2, 0.25) is 0 Å². The van der Waals surface area contributed by atoms with Crippen molar-refractivity contribution in [1.29, 1.82) is 0 Å². The highest BCUT2D eigenvalue weighted by Gasteiger charge is 2.33. The topological polar surface area (TPSA) is 27.1 Å². The second kappa shape index (κ2) is 4.66. The van der Waals surface area contributed by atoms with Crippen LogP contribution in [0.4, 0.5) is 0 Å². The molecule has 2 heterocycles. The van der Waals surface area contributed by atoms with Gasteiger partial charge in [0.1, 0.15) is 0 Å². The maximum absolute atomic E-state index is 5.93. The summed E-state index contributed by atoms with van der Waals surface area (Å²) < 4.78 is 7.78. The van der Waals surface area contributed by atoms with Crippen molar-refractivity contribution < 1.29 is 4.74 Å².